The van der Waals surface area contributed by atoms with Gasteiger partial charge in [-0.15, -0.1) is 0 Å². The minimum Gasteiger partial charge on any atom is -0.151 e. The Bertz CT molecular complexity index is 347. The molecule has 0 fully saturated rings. The zero-order valence-corrected chi connectivity index (χ0v) is 16.9. The molecule has 0 aromatic rings. The summed E-state index contributed by atoms with van der Waals surface area (Å²) in [6.07, 6.45) is 2.39. The maximum Gasteiger partial charge on any atom is 0.0894 e. The van der Waals surface area contributed by atoms with E-state index in [0.717, 1.165) is 0 Å². The fourth-order valence-corrected chi connectivity index (χ4v) is 9.98. The molecule has 0 radical (unpaired) electrons. The molecule has 0 aromatic carbocycles. The molecule has 0 spiro atoms. The zero-order chi connectivity index (χ0) is 19.3. The van der Waals surface area contributed by atoms with E-state index in [2.05, 4.69) is 20.7 Å². The van der Waals surface area contributed by atoms with Crippen LogP contribution in [0.15, 0.2) is 20.7 Å². The van der Waals surface area contributed by atoms with Crippen LogP contribution in [0.5, 0.6) is 0 Å². The average Bonchev–Trinajstić information content (AvgIpc) is 2.66. The molecule has 0 bridgehead atoms. The fourth-order valence-electron chi connectivity index (χ4n) is 3.52. The molecule has 8 nitrogen and oxygen atoms in total. The fraction of sp³-hybridized carbons (Fsp3) is 1.00. The maximum atomic E-state index is 11.2. The molecular formula is C16H32N4O4Si. The highest BCUT2D eigenvalue weighted by molar-refractivity contribution is 6.80. The minimum absolute atomic E-state index is 0.371. The Kier molecular flexibility index (Phi) is 12.2. The van der Waals surface area contributed by atoms with Gasteiger partial charge in [-0.1, -0.05) is 48.4 Å². The third-order valence-electron chi connectivity index (χ3n) is 5.16. The third kappa shape index (κ3) is 8.02. The van der Waals surface area contributed by atoms with Crippen molar-refractivity contribution in [1.82, 2.24) is 0 Å². The second kappa shape index (κ2) is 12.9. The van der Waals surface area contributed by atoms with Crippen molar-refractivity contribution in [1.29, 1.82) is 0 Å². The first kappa shape index (κ1) is 23.6. The molecule has 144 valence electrons. The van der Waals surface area contributed by atoms with Gasteiger partial charge in [0.05, 0.1) is 32.2 Å². The van der Waals surface area contributed by atoms with Crippen LogP contribution in [0.1, 0.15) is 53.4 Å². The van der Waals surface area contributed by atoms with Crippen molar-refractivity contribution in [2.75, 3.05) is 0 Å². The Morgan fingerprint density at radius 3 is 0.840 bits per heavy atom. The lowest BCUT2D eigenvalue weighted by Crippen LogP contribution is -2.45. The molecule has 0 aliphatic rings. The molecule has 0 N–H and O–H groups in total. The Morgan fingerprint density at radius 2 is 0.720 bits per heavy atom. The molecular weight excluding hydrogens is 340 g/mol. The summed E-state index contributed by atoms with van der Waals surface area (Å²) < 4.78 is 0. The highest BCUT2D eigenvalue weighted by Crippen LogP contribution is 2.37. The predicted molar refractivity (Wildman–Crippen MR) is 104 cm³/mol. The van der Waals surface area contributed by atoms with Crippen LogP contribution in [0.2, 0.25) is 24.2 Å². The van der Waals surface area contributed by atoms with Crippen molar-refractivity contribution in [3.63, 3.8) is 0 Å². The van der Waals surface area contributed by atoms with Crippen LogP contribution in [0.3, 0.4) is 0 Å². The van der Waals surface area contributed by atoms with E-state index < -0.39 is 8.07 Å². The van der Waals surface area contributed by atoms with E-state index in [1.807, 2.05) is 27.7 Å². The van der Waals surface area contributed by atoms with Gasteiger partial charge in [0.15, 0.2) is 0 Å². The third-order valence-corrected chi connectivity index (χ3v) is 10.5. The van der Waals surface area contributed by atoms with Crippen molar-refractivity contribution in [2.45, 2.75) is 102 Å². The second-order valence-corrected chi connectivity index (χ2v) is 11.6. The second-order valence-electron chi connectivity index (χ2n) is 6.99. The molecule has 0 aromatic heterocycles. The van der Waals surface area contributed by atoms with E-state index >= 15 is 0 Å². The Morgan fingerprint density at radius 1 is 0.520 bits per heavy atom. The molecule has 4 atom stereocenters. The first-order chi connectivity index (χ1) is 12.0. The van der Waals surface area contributed by atoms with Crippen LogP contribution in [-0.2, 0) is 0 Å². The van der Waals surface area contributed by atoms with Gasteiger partial charge >= 0.3 is 0 Å². The molecule has 25 heavy (non-hydrogen) atoms. The van der Waals surface area contributed by atoms with E-state index in [4.69, 9.17) is 0 Å². The summed E-state index contributed by atoms with van der Waals surface area (Å²) in [6.45, 7) is 7.58. The van der Waals surface area contributed by atoms with Gasteiger partial charge in [-0.2, -0.15) is 19.6 Å². The van der Waals surface area contributed by atoms with Gasteiger partial charge in [0, 0.05) is 0 Å². The topological polar surface area (TPSA) is 118 Å². The maximum absolute atomic E-state index is 11.2. The van der Waals surface area contributed by atoms with Crippen LogP contribution in [0.25, 0.3) is 0 Å². The van der Waals surface area contributed by atoms with Crippen molar-refractivity contribution < 1.29 is 0 Å². The number of nitrogens with zero attached hydrogens (tertiary/aromatic N) is 4. The van der Waals surface area contributed by atoms with Gasteiger partial charge in [-0.3, -0.25) is 0 Å². The van der Waals surface area contributed by atoms with E-state index in [9.17, 15) is 19.6 Å². The number of hydrogen-bond donors (Lipinski definition) is 0. The quantitative estimate of drug-likeness (QED) is 0.258. The number of rotatable bonds is 16. The highest BCUT2D eigenvalue weighted by Gasteiger charge is 2.41. The lowest BCUT2D eigenvalue weighted by atomic mass is 10.3. The smallest absolute Gasteiger partial charge is 0.0894 e. The number of hydrogen-bond acceptors (Lipinski definition) is 8. The predicted octanol–water partition coefficient (Wildman–Crippen LogP) is 5.62. The van der Waals surface area contributed by atoms with Crippen LogP contribution < -0.4 is 0 Å². The molecule has 0 heterocycles. The summed E-state index contributed by atoms with van der Waals surface area (Å²) in [5, 5.41) is 12.9. The molecule has 0 saturated heterocycles. The van der Waals surface area contributed by atoms with E-state index in [1.54, 1.807) is 0 Å². The summed E-state index contributed by atoms with van der Waals surface area (Å²) in [7, 11) is -2.39. The highest BCUT2D eigenvalue weighted by atomic mass is 28.3. The van der Waals surface area contributed by atoms with Gasteiger partial charge in [-0.25, -0.2) is 0 Å². The minimum atomic E-state index is -2.39. The monoisotopic (exact) mass is 372 g/mol. The number of nitroso groups, excluding NO2 is 4. The average molecular weight is 373 g/mol. The summed E-state index contributed by atoms with van der Waals surface area (Å²) in [5.41, 5.74) is 0. The standard InChI is InChI=1S/C16H32N4O4Si/c1-5-13(17-21)9-25(10-14(6-2)18-22,11-15(7-3)19-23)12-16(8-4)20-24/h13-16H,5-12H2,1-4H3. The molecule has 0 saturated carbocycles. The zero-order valence-electron chi connectivity index (χ0n) is 15.9. The largest absolute Gasteiger partial charge is 0.151 e. The van der Waals surface area contributed by atoms with Crippen LogP contribution in [-0.4, -0.2) is 32.2 Å². The lowest BCUT2D eigenvalue weighted by molar-refractivity contribution is 0.615. The van der Waals surface area contributed by atoms with Gasteiger partial charge in [0.1, 0.15) is 0 Å². The van der Waals surface area contributed by atoms with Crippen molar-refractivity contribution in [3.05, 3.63) is 19.6 Å². The summed E-state index contributed by atoms with van der Waals surface area (Å²) in [5.74, 6) is 0. The molecule has 0 aliphatic carbocycles. The summed E-state index contributed by atoms with van der Waals surface area (Å²) >= 11 is 0. The normalized spacial score (nSPS) is 18.4. The lowest BCUT2D eigenvalue weighted by Gasteiger charge is -2.37. The summed E-state index contributed by atoms with van der Waals surface area (Å²) in [4.78, 5) is 44.8. The van der Waals surface area contributed by atoms with Crippen molar-refractivity contribution in [2.24, 2.45) is 20.7 Å². The van der Waals surface area contributed by atoms with E-state index in [0.29, 0.717) is 49.9 Å². The van der Waals surface area contributed by atoms with Crippen molar-refractivity contribution in [3.8, 4) is 0 Å². The first-order valence-electron chi connectivity index (χ1n) is 9.27. The van der Waals surface area contributed by atoms with Gasteiger partial charge in [-0.05, 0) is 49.9 Å². The van der Waals surface area contributed by atoms with Gasteiger partial charge < -0.3 is 0 Å². The van der Waals surface area contributed by atoms with Crippen LogP contribution in [0.4, 0.5) is 0 Å². The van der Waals surface area contributed by atoms with Crippen LogP contribution >= 0.6 is 0 Å². The first-order valence-corrected chi connectivity index (χ1v) is 12.1. The van der Waals surface area contributed by atoms with Gasteiger partial charge in [0.25, 0.3) is 0 Å². The Balaban J connectivity index is 5.85. The molecule has 0 aliphatic heterocycles. The van der Waals surface area contributed by atoms with E-state index in [-0.39, 0.29) is 24.2 Å². The van der Waals surface area contributed by atoms with Crippen molar-refractivity contribution >= 4 is 8.07 Å². The SMILES string of the molecule is CCC(C[Si](CC(CC)N=O)(CC(CC)N=O)CC(CC)N=O)N=O. The Hall–Kier alpha value is -1.38. The van der Waals surface area contributed by atoms with Crippen LogP contribution in [0, 0.1) is 19.6 Å². The molecule has 9 heteroatoms. The molecule has 0 rings (SSSR count). The van der Waals surface area contributed by atoms with E-state index in [1.165, 1.54) is 0 Å². The Labute approximate surface area is 150 Å². The molecule has 4 unspecified atom stereocenters. The van der Waals surface area contributed by atoms with Gasteiger partial charge in [0.2, 0.25) is 0 Å². The molecule has 0 amide bonds. The summed E-state index contributed by atoms with van der Waals surface area (Å²) in [6, 6.07) is 0.726.